The maximum Gasteiger partial charge on any atom is 0.123 e. The highest BCUT2D eigenvalue weighted by Gasteiger charge is 2.21. The third-order valence-corrected chi connectivity index (χ3v) is 3.35. The van der Waals surface area contributed by atoms with Gasteiger partial charge in [0.15, 0.2) is 0 Å². The first-order valence-corrected chi connectivity index (χ1v) is 6.43. The number of para-hydroxylation sites is 1. The number of rotatable bonds is 3. The van der Waals surface area contributed by atoms with Crippen LogP contribution in [-0.2, 0) is 0 Å². The number of benzene rings is 2. The van der Waals surface area contributed by atoms with Gasteiger partial charge in [-0.1, -0.05) is 18.2 Å². The zero-order chi connectivity index (χ0) is 13.1. The van der Waals surface area contributed by atoms with Gasteiger partial charge in [0.05, 0.1) is 13.2 Å². The molecule has 0 fully saturated rings. The molecule has 0 aliphatic carbocycles. The molecule has 1 unspecified atom stereocenters. The number of fused-ring (bicyclic) bond motifs is 1. The van der Waals surface area contributed by atoms with Gasteiger partial charge in [-0.25, -0.2) is 4.39 Å². The maximum absolute atomic E-state index is 12.8. The Labute approximate surface area is 111 Å². The maximum atomic E-state index is 12.8. The lowest BCUT2D eigenvalue weighted by atomic mass is 9.94. The second-order valence-electron chi connectivity index (χ2n) is 4.64. The minimum atomic E-state index is -0.247. The quantitative estimate of drug-likeness (QED) is 0.834. The second kappa shape index (κ2) is 5.31. The fourth-order valence-electron chi connectivity index (χ4n) is 2.32. The van der Waals surface area contributed by atoms with Gasteiger partial charge in [0.25, 0.3) is 0 Å². The summed E-state index contributed by atoms with van der Waals surface area (Å²) in [6.07, 6.45) is 0.943. The summed E-state index contributed by atoms with van der Waals surface area (Å²) in [5.74, 6) is 1.73. The van der Waals surface area contributed by atoms with Gasteiger partial charge in [-0.05, 0) is 36.8 Å². The molecule has 2 nitrogen and oxygen atoms in total. The first kappa shape index (κ1) is 12.0. The van der Waals surface area contributed by atoms with E-state index in [1.54, 1.807) is 12.1 Å². The Bertz CT molecular complexity index is 551. The van der Waals surface area contributed by atoms with Gasteiger partial charge in [0.2, 0.25) is 0 Å². The molecular weight excluding hydrogens is 243 g/mol. The van der Waals surface area contributed by atoms with Gasteiger partial charge >= 0.3 is 0 Å². The molecule has 3 heteroatoms. The Balaban J connectivity index is 1.69. The van der Waals surface area contributed by atoms with Gasteiger partial charge in [0.1, 0.15) is 17.3 Å². The van der Waals surface area contributed by atoms with Crippen molar-refractivity contribution in [1.29, 1.82) is 0 Å². The van der Waals surface area contributed by atoms with Crippen LogP contribution in [0.5, 0.6) is 11.5 Å². The van der Waals surface area contributed by atoms with Crippen molar-refractivity contribution in [1.82, 2.24) is 0 Å². The Hall–Kier alpha value is -2.03. The van der Waals surface area contributed by atoms with Crippen molar-refractivity contribution in [2.75, 3.05) is 13.2 Å². The molecule has 1 atom stereocenters. The first-order valence-electron chi connectivity index (χ1n) is 6.43. The third-order valence-electron chi connectivity index (χ3n) is 3.35. The molecule has 0 amide bonds. The molecule has 0 radical (unpaired) electrons. The summed E-state index contributed by atoms with van der Waals surface area (Å²) in [5.41, 5.74) is 1.19. The molecule has 98 valence electrons. The fraction of sp³-hybridized carbons (Fsp3) is 0.250. The summed E-state index contributed by atoms with van der Waals surface area (Å²) < 4.78 is 24.2. The highest BCUT2D eigenvalue weighted by atomic mass is 19.1. The van der Waals surface area contributed by atoms with Crippen molar-refractivity contribution in [2.45, 2.75) is 12.3 Å². The lowest BCUT2D eigenvalue weighted by Gasteiger charge is -2.25. The molecule has 1 aliphatic heterocycles. The zero-order valence-corrected chi connectivity index (χ0v) is 10.5. The predicted octanol–water partition coefficient (Wildman–Crippen LogP) is 3.77. The van der Waals surface area contributed by atoms with Crippen LogP contribution in [0, 0.1) is 5.82 Å². The lowest BCUT2D eigenvalue weighted by Crippen LogP contribution is -2.19. The van der Waals surface area contributed by atoms with Crippen LogP contribution in [0.3, 0.4) is 0 Å². The number of hydrogen-bond acceptors (Lipinski definition) is 2. The van der Waals surface area contributed by atoms with Crippen LogP contribution in [0.4, 0.5) is 4.39 Å². The van der Waals surface area contributed by atoms with Crippen molar-refractivity contribution in [3.8, 4) is 11.5 Å². The smallest absolute Gasteiger partial charge is 0.123 e. The average Bonchev–Trinajstić information content (AvgIpc) is 2.47. The van der Waals surface area contributed by atoms with E-state index < -0.39 is 0 Å². The van der Waals surface area contributed by atoms with Crippen molar-refractivity contribution in [3.05, 3.63) is 59.9 Å². The van der Waals surface area contributed by atoms with Crippen LogP contribution in [-0.4, -0.2) is 13.2 Å². The van der Waals surface area contributed by atoms with Crippen LogP contribution >= 0.6 is 0 Å². The molecule has 3 rings (SSSR count). The number of halogens is 1. The van der Waals surface area contributed by atoms with Crippen LogP contribution in [0.1, 0.15) is 17.9 Å². The molecule has 0 spiro atoms. The van der Waals surface area contributed by atoms with E-state index in [2.05, 4.69) is 6.07 Å². The molecule has 0 saturated carbocycles. The summed E-state index contributed by atoms with van der Waals surface area (Å²) in [6.45, 7) is 1.31. The van der Waals surface area contributed by atoms with Crippen LogP contribution in [0.2, 0.25) is 0 Å². The molecular formula is C16H15FO2. The Kier molecular flexibility index (Phi) is 3.36. The van der Waals surface area contributed by atoms with E-state index in [9.17, 15) is 4.39 Å². The standard InChI is InChI=1S/C16H15FO2/c17-13-5-7-14(8-6-13)19-11-12-9-10-18-16-4-2-1-3-15(12)16/h1-8,12H,9-11H2. The van der Waals surface area contributed by atoms with E-state index in [0.29, 0.717) is 24.9 Å². The number of ether oxygens (including phenoxy) is 2. The first-order chi connectivity index (χ1) is 9.33. The van der Waals surface area contributed by atoms with Crippen LogP contribution in [0.25, 0.3) is 0 Å². The highest BCUT2D eigenvalue weighted by molar-refractivity contribution is 5.38. The summed E-state index contributed by atoms with van der Waals surface area (Å²) >= 11 is 0. The topological polar surface area (TPSA) is 18.5 Å². The molecule has 0 saturated heterocycles. The molecule has 19 heavy (non-hydrogen) atoms. The Morgan fingerprint density at radius 3 is 2.74 bits per heavy atom. The van der Waals surface area contributed by atoms with Gasteiger partial charge in [-0.2, -0.15) is 0 Å². The largest absolute Gasteiger partial charge is 0.493 e. The summed E-state index contributed by atoms with van der Waals surface area (Å²) in [7, 11) is 0. The molecule has 1 aliphatic rings. The molecule has 1 heterocycles. The van der Waals surface area contributed by atoms with E-state index in [1.165, 1.54) is 17.7 Å². The third kappa shape index (κ3) is 2.70. The predicted molar refractivity (Wildman–Crippen MR) is 71.2 cm³/mol. The second-order valence-corrected chi connectivity index (χ2v) is 4.64. The molecule has 0 aromatic heterocycles. The van der Waals surface area contributed by atoms with Gasteiger partial charge in [0, 0.05) is 11.5 Å². The molecule has 2 aromatic rings. The van der Waals surface area contributed by atoms with Crippen molar-refractivity contribution >= 4 is 0 Å². The SMILES string of the molecule is Fc1ccc(OCC2CCOc3ccccc32)cc1. The van der Waals surface area contributed by atoms with Gasteiger partial charge < -0.3 is 9.47 Å². The van der Waals surface area contributed by atoms with Crippen molar-refractivity contribution in [2.24, 2.45) is 0 Å². The van der Waals surface area contributed by atoms with Gasteiger partial charge in [-0.15, -0.1) is 0 Å². The molecule has 0 bridgehead atoms. The summed E-state index contributed by atoms with van der Waals surface area (Å²) in [4.78, 5) is 0. The minimum Gasteiger partial charge on any atom is -0.493 e. The van der Waals surface area contributed by atoms with Gasteiger partial charge in [-0.3, -0.25) is 0 Å². The molecule has 0 N–H and O–H groups in total. The zero-order valence-electron chi connectivity index (χ0n) is 10.5. The number of hydrogen-bond donors (Lipinski definition) is 0. The van der Waals surface area contributed by atoms with E-state index in [0.717, 1.165) is 12.2 Å². The van der Waals surface area contributed by atoms with Crippen molar-refractivity contribution < 1.29 is 13.9 Å². The normalized spacial score (nSPS) is 17.4. The summed E-state index contributed by atoms with van der Waals surface area (Å²) in [6, 6.07) is 14.2. The monoisotopic (exact) mass is 258 g/mol. The Morgan fingerprint density at radius 1 is 1.11 bits per heavy atom. The van der Waals surface area contributed by atoms with Crippen LogP contribution < -0.4 is 9.47 Å². The average molecular weight is 258 g/mol. The van der Waals surface area contributed by atoms with E-state index >= 15 is 0 Å². The fourth-order valence-corrected chi connectivity index (χ4v) is 2.32. The van der Waals surface area contributed by atoms with E-state index in [-0.39, 0.29) is 5.82 Å². The van der Waals surface area contributed by atoms with Crippen LogP contribution in [0.15, 0.2) is 48.5 Å². The van der Waals surface area contributed by atoms with Crippen molar-refractivity contribution in [3.63, 3.8) is 0 Å². The minimum absolute atomic E-state index is 0.247. The molecule has 2 aromatic carbocycles. The highest BCUT2D eigenvalue weighted by Crippen LogP contribution is 2.33. The van der Waals surface area contributed by atoms with E-state index in [4.69, 9.17) is 9.47 Å². The summed E-state index contributed by atoms with van der Waals surface area (Å²) in [5, 5.41) is 0. The Morgan fingerprint density at radius 2 is 1.89 bits per heavy atom. The lowest BCUT2D eigenvalue weighted by molar-refractivity contribution is 0.217. The van der Waals surface area contributed by atoms with E-state index in [1.807, 2.05) is 18.2 Å².